The predicted octanol–water partition coefficient (Wildman–Crippen LogP) is 2.38. The van der Waals surface area contributed by atoms with Gasteiger partial charge in [0.25, 0.3) is 6.47 Å². The topological polar surface area (TPSA) is 43.4 Å². The number of carbonyl (C=O) groups is 2. The van der Waals surface area contributed by atoms with Crippen molar-refractivity contribution in [1.82, 2.24) is 0 Å². The monoisotopic (exact) mass is 230 g/mol. The van der Waals surface area contributed by atoms with Crippen LogP contribution in [0.3, 0.4) is 0 Å². The van der Waals surface area contributed by atoms with Gasteiger partial charge >= 0.3 is 0 Å². The van der Waals surface area contributed by atoms with E-state index in [1.807, 2.05) is 30.4 Å². The lowest BCUT2D eigenvalue weighted by atomic mass is 9.85. The van der Waals surface area contributed by atoms with Crippen molar-refractivity contribution in [3.8, 4) is 0 Å². The van der Waals surface area contributed by atoms with E-state index in [9.17, 15) is 9.59 Å². The molecule has 0 aromatic heterocycles. The van der Waals surface area contributed by atoms with Crippen molar-refractivity contribution in [3.05, 3.63) is 48.0 Å². The molecule has 2 rings (SSSR count). The SMILES string of the molecule is O=COC1CC=CCC1C(=O)c1ccccc1. The summed E-state index contributed by atoms with van der Waals surface area (Å²) < 4.78 is 4.99. The van der Waals surface area contributed by atoms with Gasteiger partial charge in [-0.1, -0.05) is 42.5 Å². The van der Waals surface area contributed by atoms with Gasteiger partial charge in [-0.2, -0.15) is 0 Å². The standard InChI is InChI=1S/C14H14O3/c15-10-17-13-9-5-4-8-12(13)14(16)11-6-2-1-3-7-11/h1-7,10,12-13H,8-9H2. The summed E-state index contributed by atoms with van der Waals surface area (Å²) in [5.41, 5.74) is 0.673. The van der Waals surface area contributed by atoms with Gasteiger partial charge in [-0.25, -0.2) is 0 Å². The number of hydrogen-bond donors (Lipinski definition) is 0. The molecule has 0 radical (unpaired) electrons. The Morgan fingerprint density at radius 3 is 2.59 bits per heavy atom. The summed E-state index contributed by atoms with van der Waals surface area (Å²) >= 11 is 0. The van der Waals surface area contributed by atoms with Crippen LogP contribution in [0.1, 0.15) is 23.2 Å². The highest BCUT2D eigenvalue weighted by Crippen LogP contribution is 2.25. The van der Waals surface area contributed by atoms with E-state index in [1.54, 1.807) is 12.1 Å². The van der Waals surface area contributed by atoms with Crippen LogP contribution in [-0.2, 0) is 9.53 Å². The molecule has 0 bridgehead atoms. The molecular weight excluding hydrogens is 216 g/mol. The van der Waals surface area contributed by atoms with Gasteiger partial charge in [-0.15, -0.1) is 0 Å². The molecule has 0 spiro atoms. The summed E-state index contributed by atoms with van der Waals surface area (Å²) in [4.78, 5) is 22.7. The molecule has 1 aliphatic rings. The minimum Gasteiger partial charge on any atom is -0.463 e. The first-order valence-electron chi connectivity index (χ1n) is 5.66. The van der Waals surface area contributed by atoms with Crippen molar-refractivity contribution in [2.24, 2.45) is 5.92 Å². The third kappa shape index (κ3) is 2.61. The highest BCUT2D eigenvalue weighted by atomic mass is 16.5. The zero-order valence-electron chi connectivity index (χ0n) is 9.41. The van der Waals surface area contributed by atoms with Crippen LogP contribution in [0, 0.1) is 5.92 Å². The first kappa shape index (κ1) is 11.6. The van der Waals surface area contributed by atoms with E-state index in [0.29, 0.717) is 24.9 Å². The fraction of sp³-hybridized carbons (Fsp3) is 0.286. The highest BCUT2D eigenvalue weighted by Gasteiger charge is 2.30. The second kappa shape index (κ2) is 5.43. The Morgan fingerprint density at radius 1 is 1.18 bits per heavy atom. The summed E-state index contributed by atoms with van der Waals surface area (Å²) in [5.74, 6) is -0.214. The molecule has 0 fully saturated rings. The van der Waals surface area contributed by atoms with Gasteiger partial charge in [-0.3, -0.25) is 9.59 Å². The number of carbonyl (C=O) groups excluding carboxylic acids is 2. The first-order chi connectivity index (χ1) is 8.33. The molecule has 0 heterocycles. The maximum absolute atomic E-state index is 12.3. The Kier molecular flexibility index (Phi) is 3.70. The predicted molar refractivity (Wildman–Crippen MR) is 63.6 cm³/mol. The Morgan fingerprint density at radius 2 is 1.88 bits per heavy atom. The van der Waals surface area contributed by atoms with E-state index in [-0.39, 0.29) is 17.8 Å². The Bertz CT molecular complexity index is 422. The average Bonchev–Trinajstić information content (AvgIpc) is 2.40. The number of allylic oxidation sites excluding steroid dienone is 1. The average molecular weight is 230 g/mol. The van der Waals surface area contributed by atoms with Crippen LogP contribution in [-0.4, -0.2) is 18.4 Å². The molecule has 1 aromatic carbocycles. The number of ether oxygens (including phenoxy) is 1. The third-order valence-electron chi connectivity index (χ3n) is 3.00. The van der Waals surface area contributed by atoms with Crippen LogP contribution in [0.5, 0.6) is 0 Å². The number of ketones is 1. The van der Waals surface area contributed by atoms with Gasteiger partial charge in [0.2, 0.25) is 0 Å². The third-order valence-corrected chi connectivity index (χ3v) is 3.00. The van der Waals surface area contributed by atoms with Crippen molar-refractivity contribution < 1.29 is 14.3 Å². The van der Waals surface area contributed by atoms with Crippen molar-refractivity contribution in [3.63, 3.8) is 0 Å². The zero-order chi connectivity index (χ0) is 12.1. The smallest absolute Gasteiger partial charge is 0.293 e. The first-order valence-corrected chi connectivity index (χ1v) is 5.66. The lowest BCUT2D eigenvalue weighted by molar-refractivity contribution is -0.135. The number of rotatable bonds is 4. The normalized spacial score (nSPS) is 23.1. The van der Waals surface area contributed by atoms with E-state index >= 15 is 0 Å². The van der Waals surface area contributed by atoms with Crippen molar-refractivity contribution in [1.29, 1.82) is 0 Å². The molecule has 0 aliphatic heterocycles. The van der Waals surface area contributed by atoms with Crippen LogP contribution in [0.25, 0.3) is 0 Å². The summed E-state index contributed by atoms with van der Waals surface area (Å²) in [7, 11) is 0. The second-order valence-electron chi connectivity index (χ2n) is 4.05. The van der Waals surface area contributed by atoms with Crippen LogP contribution in [0.4, 0.5) is 0 Å². The Labute approximate surface area is 100 Å². The zero-order valence-corrected chi connectivity index (χ0v) is 9.41. The van der Waals surface area contributed by atoms with E-state index in [0.717, 1.165) is 0 Å². The summed E-state index contributed by atoms with van der Waals surface area (Å²) in [5, 5.41) is 0. The molecule has 3 heteroatoms. The Hall–Kier alpha value is -1.90. The van der Waals surface area contributed by atoms with E-state index < -0.39 is 0 Å². The lowest BCUT2D eigenvalue weighted by Crippen LogP contribution is -2.31. The quantitative estimate of drug-likeness (QED) is 0.453. The molecular formula is C14H14O3. The highest BCUT2D eigenvalue weighted by molar-refractivity contribution is 5.98. The largest absolute Gasteiger partial charge is 0.463 e. The van der Waals surface area contributed by atoms with Crippen molar-refractivity contribution >= 4 is 12.3 Å². The molecule has 88 valence electrons. The van der Waals surface area contributed by atoms with Gasteiger partial charge in [0.15, 0.2) is 5.78 Å². The summed E-state index contributed by atoms with van der Waals surface area (Å²) in [6.07, 6.45) is 4.83. The Balaban J connectivity index is 2.17. The van der Waals surface area contributed by atoms with Crippen LogP contribution >= 0.6 is 0 Å². The summed E-state index contributed by atoms with van der Waals surface area (Å²) in [6.45, 7) is 0.426. The maximum Gasteiger partial charge on any atom is 0.293 e. The lowest BCUT2D eigenvalue weighted by Gasteiger charge is -2.25. The molecule has 0 N–H and O–H groups in total. The minimum absolute atomic E-state index is 0.0433. The molecule has 17 heavy (non-hydrogen) atoms. The molecule has 1 aromatic rings. The van der Waals surface area contributed by atoms with Crippen LogP contribution in [0.2, 0.25) is 0 Å². The number of benzene rings is 1. The van der Waals surface area contributed by atoms with Gasteiger partial charge in [-0.05, 0) is 6.42 Å². The molecule has 0 amide bonds. The van der Waals surface area contributed by atoms with Crippen LogP contribution < -0.4 is 0 Å². The molecule has 3 nitrogen and oxygen atoms in total. The molecule has 0 saturated carbocycles. The van der Waals surface area contributed by atoms with Gasteiger partial charge in [0.05, 0.1) is 5.92 Å². The molecule has 2 atom stereocenters. The molecule has 1 aliphatic carbocycles. The van der Waals surface area contributed by atoms with E-state index in [2.05, 4.69) is 0 Å². The van der Waals surface area contributed by atoms with Gasteiger partial charge < -0.3 is 4.74 Å². The molecule has 0 saturated heterocycles. The van der Waals surface area contributed by atoms with E-state index in [1.165, 1.54) is 0 Å². The fourth-order valence-electron chi connectivity index (χ4n) is 2.10. The van der Waals surface area contributed by atoms with Gasteiger partial charge in [0, 0.05) is 12.0 Å². The van der Waals surface area contributed by atoms with Crippen molar-refractivity contribution in [2.45, 2.75) is 18.9 Å². The maximum atomic E-state index is 12.3. The minimum atomic E-state index is -0.329. The second-order valence-corrected chi connectivity index (χ2v) is 4.05. The number of Topliss-reactive ketones (excluding diaryl/α,β-unsaturated/α-hetero) is 1. The fourth-order valence-corrected chi connectivity index (χ4v) is 2.10. The molecule has 2 unspecified atom stereocenters. The number of hydrogen-bond acceptors (Lipinski definition) is 3. The van der Waals surface area contributed by atoms with E-state index in [4.69, 9.17) is 4.74 Å². The summed E-state index contributed by atoms with van der Waals surface area (Å²) in [6, 6.07) is 9.12. The van der Waals surface area contributed by atoms with Crippen molar-refractivity contribution in [2.75, 3.05) is 0 Å². The van der Waals surface area contributed by atoms with Gasteiger partial charge in [0.1, 0.15) is 6.10 Å². The van der Waals surface area contributed by atoms with Crippen LogP contribution in [0.15, 0.2) is 42.5 Å².